The van der Waals surface area contributed by atoms with E-state index in [1.165, 1.54) is 5.56 Å². The second kappa shape index (κ2) is 8.40. The zero-order chi connectivity index (χ0) is 19.5. The topological polar surface area (TPSA) is 62.5 Å². The number of hydrogen-bond donors (Lipinski definition) is 0. The summed E-state index contributed by atoms with van der Waals surface area (Å²) in [5.41, 5.74) is 2.90. The monoisotopic (exact) mass is 488 g/mol. The molecule has 1 fully saturated rings. The van der Waals surface area contributed by atoms with E-state index in [4.69, 9.17) is 4.52 Å². The van der Waals surface area contributed by atoms with Crippen LogP contribution in [0.25, 0.3) is 11.4 Å². The first-order chi connectivity index (χ1) is 13.6. The highest BCUT2D eigenvalue weighted by atomic mass is 127. The summed E-state index contributed by atoms with van der Waals surface area (Å²) in [5, 5.41) is 4.09. The number of aromatic nitrogens is 2. The van der Waals surface area contributed by atoms with Crippen LogP contribution in [-0.4, -0.2) is 52.0 Å². The molecule has 1 aliphatic heterocycles. The molecule has 6 nitrogen and oxygen atoms in total. The van der Waals surface area contributed by atoms with Crippen molar-refractivity contribution in [3.05, 3.63) is 69.1 Å². The molecule has 0 aliphatic carbocycles. The summed E-state index contributed by atoms with van der Waals surface area (Å²) in [6.45, 7) is 5.63. The van der Waals surface area contributed by atoms with Crippen molar-refractivity contribution in [1.29, 1.82) is 0 Å². The molecule has 28 heavy (non-hydrogen) atoms. The van der Waals surface area contributed by atoms with Gasteiger partial charge in [-0.2, -0.15) is 4.98 Å². The van der Waals surface area contributed by atoms with Crippen molar-refractivity contribution in [3.63, 3.8) is 0 Å². The van der Waals surface area contributed by atoms with Gasteiger partial charge in [-0.1, -0.05) is 35.0 Å². The highest BCUT2D eigenvalue weighted by Crippen LogP contribution is 2.18. The lowest BCUT2D eigenvalue weighted by atomic mass is 10.1. The Bertz CT molecular complexity index is 945. The molecule has 0 radical (unpaired) electrons. The van der Waals surface area contributed by atoms with Gasteiger partial charge in [0.25, 0.3) is 5.91 Å². The fourth-order valence-electron chi connectivity index (χ4n) is 3.21. The van der Waals surface area contributed by atoms with E-state index in [0.717, 1.165) is 27.8 Å². The fourth-order valence-corrected chi connectivity index (χ4v) is 3.57. The number of hydrogen-bond acceptors (Lipinski definition) is 5. The Morgan fingerprint density at radius 3 is 2.39 bits per heavy atom. The van der Waals surface area contributed by atoms with Crippen molar-refractivity contribution in [2.45, 2.75) is 13.5 Å². The third-order valence-electron chi connectivity index (χ3n) is 4.89. The standard InChI is InChI=1S/C21H21IN4O2/c1-15-2-4-16(5-3-15)20-23-19(28-24-20)14-25-10-12-26(13-11-25)21(27)17-6-8-18(22)9-7-17/h2-9H,10-14H2,1H3. The molecule has 2 heterocycles. The maximum atomic E-state index is 12.6. The van der Waals surface area contributed by atoms with Gasteiger partial charge in [-0.3, -0.25) is 9.69 Å². The second-order valence-corrected chi connectivity index (χ2v) is 8.20. The smallest absolute Gasteiger partial charge is 0.253 e. The molecule has 3 aromatic rings. The van der Waals surface area contributed by atoms with E-state index in [2.05, 4.69) is 37.6 Å². The average molecular weight is 488 g/mol. The van der Waals surface area contributed by atoms with Crippen LogP contribution in [0.15, 0.2) is 53.1 Å². The largest absolute Gasteiger partial charge is 0.338 e. The van der Waals surface area contributed by atoms with Crippen molar-refractivity contribution in [3.8, 4) is 11.4 Å². The second-order valence-electron chi connectivity index (χ2n) is 6.95. The summed E-state index contributed by atoms with van der Waals surface area (Å²) in [7, 11) is 0. The minimum Gasteiger partial charge on any atom is -0.338 e. The van der Waals surface area contributed by atoms with E-state index in [1.807, 2.05) is 60.4 Å². The quantitative estimate of drug-likeness (QED) is 0.526. The van der Waals surface area contributed by atoms with Crippen LogP contribution in [-0.2, 0) is 6.54 Å². The lowest BCUT2D eigenvalue weighted by Crippen LogP contribution is -2.48. The van der Waals surface area contributed by atoms with Gasteiger partial charge in [-0.15, -0.1) is 0 Å². The van der Waals surface area contributed by atoms with Crippen LogP contribution in [0.2, 0.25) is 0 Å². The van der Waals surface area contributed by atoms with Gasteiger partial charge in [-0.05, 0) is 53.8 Å². The Labute approximate surface area is 177 Å². The summed E-state index contributed by atoms with van der Waals surface area (Å²) in [6.07, 6.45) is 0. The van der Waals surface area contributed by atoms with Crippen molar-refractivity contribution in [2.75, 3.05) is 26.2 Å². The molecule has 1 aromatic heterocycles. The Balaban J connectivity index is 1.33. The van der Waals surface area contributed by atoms with E-state index < -0.39 is 0 Å². The summed E-state index contributed by atoms with van der Waals surface area (Å²) in [4.78, 5) is 21.3. The van der Waals surface area contributed by atoms with E-state index in [1.54, 1.807) is 0 Å². The maximum absolute atomic E-state index is 12.6. The molecular formula is C21H21IN4O2. The van der Waals surface area contributed by atoms with E-state index in [-0.39, 0.29) is 5.91 Å². The van der Waals surface area contributed by atoms with Gasteiger partial charge in [-0.25, -0.2) is 0 Å². The number of carbonyl (C=O) groups excluding carboxylic acids is 1. The van der Waals surface area contributed by atoms with E-state index in [0.29, 0.717) is 31.3 Å². The molecule has 4 rings (SSSR count). The summed E-state index contributed by atoms with van der Waals surface area (Å²) in [6, 6.07) is 15.8. The molecule has 2 aromatic carbocycles. The van der Waals surface area contributed by atoms with Crippen LogP contribution in [0.5, 0.6) is 0 Å². The van der Waals surface area contributed by atoms with Crippen LogP contribution in [0.4, 0.5) is 0 Å². The van der Waals surface area contributed by atoms with Crippen molar-refractivity contribution < 1.29 is 9.32 Å². The van der Waals surface area contributed by atoms with Gasteiger partial charge in [0.1, 0.15) is 0 Å². The molecular weight excluding hydrogens is 467 g/mol. The van der Waals surface area contributed by atoms with Gasteiger partial charge < -0.3 is 9.42 Å². The number of nitrogens with zero attached hydrogens (tertiary/aromatic N) is 4. The zero-order valence-electron chi connectivity index (χ0n) is 15.6. The molecule has 0 N–H and O–H groups in total. The predicted molar refractivity (Wildman–Crippen MR) is 115 cm³/mol. The first kappa shape index (κ1) is 19.1. The number of aryl methyl sites for hydroxylation is 1. The number of halogens is 1. The first-order valence-corrected chi connectivity index (χ1v) is 10.3. The van der Waals surface area contributed by atoms with E-state index in [9.17, 15) is 4.79 Å². The average Bonchev–Trinajstić information content (AvgIpc) is 3.18. The minimum atomic E-state index is 0.0931. The lowest BCUT2D eigenvalue weighted by Gasteiger charge is -2.34. The van der Waals surface area contributed by atoms with Gasteiger partial charge in [0.15, 0.2) is 0 Å². The number of benzene rings is 2. The Hall–Kier alpha value is -2.26. The highest BCUT2D eigenvalue weighted by molar-refractivity contribution is 14.1. The summed E-state index contributed by atoms with van der Waals surface area (Å²) < 4.78 is 6.55. The van der Waals surface area contributed by atoms with Gasteiger partial charge in [0, 0.05) is 40.9 Å². The number of piperazine rings is 1. The van der Waals surface area contributed by atoms with Crippen LogP contribution >= 0.6 is 22.6 Å². The molecule has 7 heteroatoms. The van der Waals surface area contributed by atoms with Crippen LogP contribution in [0.1, 0.15) is 21.8 Å². The van der Waals surface area contributed by atoms with Crippen molar-refractivity contribution in [1.82, 2.24) is 19.9 Å². The molecule has 0 atom stereocenters. The van der Waals surface area contributed by atoms with Crippen LogP contribution in [0, 0.1) is 10.5 Å². The molecule has 0 saturated carbocycles. The third kappa shape index (κ3) is 4.41. The van der Waals surface area contributed by atoms with Gasteiger partial charge >= 0.3 is 0 Å². The van der Waals surface area contributed by atoms with E-state index >= 15 is 0 Å². The highest BCUT2D eigenvalue weighted by Gasteiger charge is 2.23. The summed E-state index contributed by atoms with van der Waals surface area (Å²) >= 11 is 2.24. The molecule has 144 valence electrons. The predicted octanol–water partition coefficient (Wildman–Crippen LogP) is 3.61. The van der Waals surface area contributed by atoms with Crippen LogP contribution in [0.3, 0.4) is 0 Å². The first-order valence-electron chi connectivity index (χ1n) is 9.25. The number of carbonyl (C=O) groups is 1. The number of amides is 1. The Morgan fingerprint density at radius 2 is 1.71 bits per heavy atom. The van der Waals surface area contributed by atoms with Crippen molar-refractivity contribution in [2.24, 2.45) is 0 Å². The molecule has 1 amide bonds. The fraction of sp³-hybridized carbons (Fsp3) is 0.286. The molecule has 0 unspecified atom stereocenters. The summed E-state index contributed by atoms with van der Waals surface area (Å²) in [5.74, 6) is 1.31. The maximum Gasteiger partial charge on any atom is 0.253 e. The van der Waals surface area contributed by atoms with Gasteiger partial charge in [0.2, 0.25) is 11.7 Å². The molecule has 0 bridgehead atoms. The lowest BCUT2D eigenvalue weighted by molar-refractivity contribution is 0.0615. The minimum absolute atomic E-state index is 0.0931. The molecule has 1 aliphatic rings. The molecule has 0 spiro atoms. The normalized spacial score (nSPS) is 15.0. The Morgan fingerprint density at radius 1 is 1.04 bits per heavy atom. The van der Waals surface area contributed by atoms with Gasteiger partial charge in [0.05, 0.1) is 6.54 Å². The van der Waals surface area contributed by atoms with Crippen LogP contribution < -0.4 is 0 Å². The Kier molecular flexibility index (Phi) is 5.72. The SMILES string of the molecule is Cc1ccc(-c2noc(CN3CCN(C(=O)c4ccc(I)cc4)CC3)n2)cc1. The molecule has 1 saturated heterocycles. The number of rotatable bonds is 4. The third-order valence-corrected chi connectivity index (χ3v) is 5.61. The zero-order valence-corrected chi connectivity index (χ0v) is 17.8. The van der Waals surface area contributed by atoms with Crippen molar-refractivity contribution >= 4 is 28.5 Å².